The van der Waals surface area contributed by atoms with Crippen molar-refractivity contribution in [1.82, 2.24) is 9.78 Å². The Morgan fingerprint density at radius 2 is 1.92 bits per heavy atom. The molecule has 8 nitrogen and oxygen atoms in total. The number of rotatable bonds is 4. The highest BCUT2D eigenvalue weighted by atomic mass is 16.6. The Bertz CT molecular complexity index is 859. The third-order valence-corrected chi connectivity index (χ3v) is 4.19. The van der Waals surface area contributed by atoms with Crippen LogP contribution in [0.15, 0.2) is 18.2 Å². The average Bonchev–Trinajstić information content (AvgIpc) is 2.87. The van der Waals surface area contributed by atoms with E-state index in [0.717, 1.165) is 5.69 Å². The van der Waals surface area contributed by atoms with Crippen LogP contribution in [0.2, 0.25) is 0 Å². The Balaban J connectivity index is 1.66. The van der Waals surface area contributed by atoms with Crippen LogP contribution in [0.3, 0.4) is 0 Å². The average molecular weight is 359 g/mol. The molecule has 0 saturated heterocycles. The van der Waals surface area contributed by atoms with Gasteiger partial charge in [-0.1, -0.05) is 0 Å². The van der Waals surface area contributed by atoms with Crippen molar-refractivity contribution >= 4 is 17.6 Å². The molecule has 138 valence electrons. The van der Waals surface area contributed by atoms with Gasteiger partial charge in [0, 0.05) is 7.05 Å². The van der Waals surface area contributed by atoms with Crippen molar-refractivity contribution in [3.63, 3.8) is 0 Å². The Hall–Kier alpha value is -3.03. The lowest BCUT2D eigenvalue weighted by Crippen LogP contribution is -2.30. The summed E-state index contributed by atoms with van der Waals surface area (Å²) in [5.74, 6) is 0.0462. The van der Waals surface area contributed by atoms with Gasteiger partial charge >= 0.3 is 5.97 Å². The second-order valence-electron chi connectivity index (χ2n) is 6.06. The van der Waals surface area contributed by atoms with Crippen LogP contribution in [-0.4, -0.2) is 41.0 Å². The van der Waals surface area contributed by atoms with Gasteiger partial charge in [-0.15, -0.1) is 0 Å². The molecule has 1 atom stereocenters. The van der Waals surface area contributed by atoms with Crippen molar-refractivity contribution in [2.24, 2.45) is 7.05 Å². The number of hydrogen-bond acceptors (Lipinski definition) is 6. The van der Waals surface area contributed by atoms with E-state index in [1.165, 1.54) is 6.92 Å². The van der Waals surface area contributed by atoms with Gasteiger partial charge < -0.3 is 19.5 Å². The smallest absolute Gasteiger partial charge is 0.339 e. The first kappa shape index (κ1) is 17.8. The Kier molecular flexibility index (Phi) is 4.83. The van der Waals surface area contributed by atoms with Crippen molar-refractivity contribution in [3.05, 3.63) is 35.2 Å². The van der Waals surface area contributed by atoms with Crippen molar-refractivity contribution in [2.75, 3.05) is 18.5 Å². The van der Waals surface area contributed by atoms with E-state index in [9.17, 15) is 9.59 Å². The number of fused-ring (bicyclic) bond motifs is 1. The highest BCUT2D eigenvalue weighted by Crippen LogP contribution is 2.31. The molecule has 0 bridgehead atoms. The number of nitrogens with zero attached hydrogens (tertiary/aromatic N) is 2. The molecule has 1 aliphatic heterocycles. The third-order valence-electron chi connectivity index (χ3n) is 4.19. The molecule has 1 N–H and O–H groups in total. The van der Waals surface area contributed by atoms with Crippen LogP contribution < -0.4 is 14.8 Å². The third kappa shape index (κ3) is 3.49. The van der Waals surface area contributed by atoms with Crippen LogP contribution in [0.5, 0.6) is 11.5 Å². The number of ether oxygens (including phenoxy) is 3. The number of hydrogen-bond donors (Lipinski definition) is 1. The van der Waals surface area contributed by atoms with Gasteiger partial charge in [-0.2, -0.15) is 5.10 Å². The second-order valence-corrected chi connectivity index (χ2v) is 6.06. The van der Waals surface area contributed by atoms with Crippen molar-refractivity contribution in [3.8, 4) is 11.5 Å². The maximum atomic E-state index is 12.4. The molecule has 0 aliphatic carbocycles. The molecule has 26 heavy (non-hydrogen) atoms. The maximum absolute atomic E-state index is 12.4. The fourth-order valence-corrected chi connectivity index (χ4v) is 2.63. The molecule has 1 aromatic heterocycles. The minimum Gasteiger partial charge on any atom is -0.486 e. The number of amides is 1. The van der Waals surface area contributed by atoms with Gasteiger partial charge in [0.2, 0.25) is 0 Å². The molecule has 1 amide bonds. The monoisotopic (exact) mass is 359 g/mol. The number of aromatic nitrogens is 2. The zero-order chi connectivity index (χ0) is 18.8. The van der Waals surface area contributed by atoms with Gasteiger partial charge in [-0.25, -0.2) is 4.79 Å². The Morgan fingerprint density at radius 3 is 2.58 bits per heavy atom. The standard InChI is InChI=1S/C18H21N3O5/c1-10-16(11(2)21(4)20-10)19-17(22)12(3)26-18(23)13-5-6-14-15(9-13)25-8-7-24-14/h5-6,9,12H,7-8H2,1-4H3,(H,19,22)/t12-/m1/s1. The van der Waals surface area contributed by atoms with Crippen LogP contribution >= 0.6 is 0 Å². The van der Waals surface area contributed by atoms with Gasteiger partial charge in [-0.05, 0) is 39.0 Å². The van der Waals surface area contributed by atoms with Crippen LogP contribution in [0, 0.1) is 13.8 Å². The lowest BCUT2D eigenvalue weighted by molar-refractivity contribution is -0.123. The number of anilines is 1. The van der Waals surface area contributed by atoms with E-state index in [-0.39, 0.29) is 0 Å². The summed E-state index contributed by atoms with van der Waals surface area (Å²) >= 11 is 0. The highest BCUT2D eigenvalue weighted by Gasteiger charge is 2.23. The van der Waals surface area contributed by atoms with E-state index in [1.807, 2.05) is 6.92 Å². The van der Waals surface area contributed by atoms with Crippen molar-refractivity contribution in [1.29, 1.82) is 0 Å². The summed E-state index contributed by atoms with van der Waals surface area (Å²) in [6.07, 6.45) is -0.963. The molecule has 2 heterocycles. The van der Waals surface area contributed by atoms with Crippen LogP contribution in [-0.2, 0) is 16.6 Å². The van der Waals surface area contributed by atoms with Gasteiger partial charge in [0.15, 0.2) is 17.6 Å². The molecule has 0 unspecified atom stereocenters. The molecule has 0 saturated carbocycles. The number of aryl methyl sites for hydroxylation is 2. The number of benzene rings is 1. The quantitative estimate of drug-likeness (QED) is 0.840. The predicted octanol–water partition coefficient (Wildman–Crippen LogP) is 1.99. The zero-order valence-corrected chi connectivity index (χ0v) is 15.2. The van der Waals surface area contributed by atoms with Crippen molar-refractivity contribution in [2.45, 2.75) is 26.9 Å². The molecule has 1 aromatic carbocycles. The van der Waals surface area contributed by atoms with E-state index < -0.39 is 18.0 Å². The minimum absolute atomic E-state index is 0.294. The van der Waals surface area contributed by atoms with Crippen LogP contribution in [0.4, 0.5) is 5.69 Å². The minimum atomic E-state index is -0.963. The molecule has 8 heteroatoms. The van der Waals surface area contributed by atoms with Crippen LogP contribution in [0.25, 0.3) is 0 Å². The van der Waals surface area contributed by atoms with Gasteiger partial charge in [0.25, 0.3) is 5.91 Å². The van der Waals surface area contributed by atoms with Gasteiger partial charge in [0.05, 0.1) is 22.6 Å². The SMILES string of the molecule is Cc1nn(C)c(C)c1NC(=O)[C@@H](C)OC(=O)c1ccc2c(c1)OCCO2. The highest BCUT2D eigenvalue weighted by molar-refractivity contribution is 5.98. The van der Waals surface area contributed by atoms with Gasteiger partial charge in [-0.3, -0.25) is 9.48 Å². The topological polar surface area (TPSA) is 91.7 Å². The van der Waals surface area contributed by atoms with E-state index in [4.69, 9.17) is 14.2 Å². The molecule has 0 fully saturated rings. The normalized spacial score (nSPS) is 13.8. The first-order valence-corrected chi connectivity index (χ1v) is 8.28. The van der Waals surface area contributed by atoms with E-state index in [1.54, 1.807) is 36.9 Å². The molecular formula is C18H21N3O5. The molecule has 2 aromatic rings. The van der Waals surface area contributed by atoms with E-state index in [2.05, 4.69) is 10.4 Å². The molecular weight excluding hydrogens is 338 g/mol. The molecule has 0 radical (unpaired) electrons. The first-order valence-electron chi connectivity index (χ1n) is 8.28. The summed E-state index contributed by atoms with van der Waals surface area (Å²) in [6, 6.07) is 4.78. The number of carbonyl (C=O) groups is 2. The van der Waals surface area contributed by atoms with Crippen molar-refractivity contribution < 1.29 is 23.8 Å². The summed E-state index contributed by atoms with van der Waals surface area (Å²) in [4.78, 5) is 24.7. The molecule has 3 rings (SSSR count). The number of esters is 1. The molecule has 0 spiro atoms. The maximum Gasteiger partial charge on any atom is 0.339 e. The Morgan fingerprint density at radius 1 is 1.23 bits per heavy atom. The second kappa shape index (κ2) is 7.07. The summed E-state index contributed by atoms with van der Waals surface area (Å²) < 4.78 is 17.8. The fraction of sp³-hybridized carbons (Fsp3) is 0.389. The zero-order valence-electron chi connectivity index (χ0n) is 15.2. The van der Waals surface area contributed by atoms with Gasteiger partial charge in [0.1, 0.15) is 13.2 Å². The largest absolute Gasteiger partial charge is 0.486 e. The molecule has 1 aliphatic rings. The summed E-state index contributed by atoms with van der Waals surface area (Å²) in [5.41, 5.74) is 2.44. The lowest BCUT2D eigenvalue weighted by atomic mass is 10.2. The van der Waals surface area contributed by atoms with E-state index >= 15 is 0 Å². The Labute approximate surface area is 151 Å². The number of nitrogens with one attached hydrogen (secondary N) is 1. The summed E-state index contributed by atoms with van der Waals surface area (Å²) in [5, 5.41) is 7.00. The fourth-order valence-electron chi connectivity index (χ4n) is 2.63. The summed E-state index contributed by atoms with van der Waals surface area (Å²) in [7, 11) is 1.79. The first-order chi connectivity index (χ1) is 12.4. The number of carbonyl (C=O) groups excluding carboxylic acids is 2. The van der Waals surface area contributed by atoms with Crippen LogP contribution in [0.1, 0.15) is 28.7 Å². The summed E-state index contributed by atoms with van der Waals surface area (Å²) in [6.45, 7) is 6.07. The lowest BCUT2D eigenvalue weighted by Gasteiger charge is -2.19. The van der Waals surface area contributed by atoms with E-state index in [0.29, 0.717) is 41.7 Å². The predicted molar refractivity (Wildman–Crippen MR) is 93.6 cm³/mol.